The fourth-order valence-electron chi connectivity index (χ4n) is 4.56. The molecule has 1 aromatic heterocycles. The van der Waals surface area contributed by atoms with Crippen molar-refractivity contribution in [2.45, 2.75) is 31.2 Å². The second-order valence-corrected chi connectivity index (χ2v) is 9.94. The third-order valence-electron chi connectivity index (χ3n) is 6.20. The summed E-state index contributed by atoms with van der Waals surface area (Å²) in [4.78, 5) is 16.6. The molecule has 6 nitrogen and oxygen atoms in total. The number of nitrogens with zero attached hydrogens (tertiary/aromatic N) is 3. The van der Waals surface area contributed by atoms with Crippen LogP contribution in [0.1, 0.15) is 35.2 Å². The fraction of sp³-hybridized carbons (Fsp3) is 0.500. The van der Waals surface area contributed by atoms with Crippen molar-refractivity contribution in [2.75, 3.05) is 13.1 Å². The molecule has 0 amide bonds. The summed E-state index contributed by atoms with van der Waals surface area (Å²) in [7, 11) is -1.87. The predicted molar refractivity (Wildman–Crippen MR) is 102 cm³/mol. The number of hydrogen-bond donors (Lipinski definition) is 0. The van der Waals surface area contributed by atoms with E-state index in [0.29, 0.717) is 30.6 Å². The Hall–Kier alpha value is -2.06. The highest BCUT2D eigenvalue weighted by molar-refractivity contribution is 7.89. The Morgan fingerprint density at radius 1 is 1.29 bits per heavy atom. The van der Waals surface area contributed by atoms with Gasteiger partial charge in [0, 0.05) is 38.3 Å². The number of Topliss-reactive ketones (excluding diaryl/α,β-unsaturated/α-hetero) is 1. The van der Waals surface area contributed by atoms with Gasteiger partial charge in [-0.1, -0.05) is 12.1 Å². The van der Waals surface area contributed by atoms with E-state index in [-0.39, 0.29) is 34.4 Å². The van der Waals surface area contributed by atoms with Crippen molar-refractivity contribution in [3.63, 3.8) is 0 Å². The van der Waals surface area contributed by atoms with Gasteiger partial charge in [0.1, 0.15) is 5.82 Å². The van der Waals surface area contributed by atoms with E-state index in [1.165, 1.54) is 22.9 Å². The number of imidazole rings is 1. The van der Waals surface area contributed by atoms with Crippen molar-refractivity contribution >= 4 is 15.8 Å². The molecule has 2 fully saturated rings. The lowest BCUT2D eigenvalue weighted by atomic mass is 9.87. The summed E-state index contributed by atoms with van der Waals surface area (Å²) in [5, 5.41) is 0.0673. The summed E-state index contributed by atoms with van der Waals surface area (Å²) in [5.74, 6) is 0.119. The van der Waals surface area contributed by atoms with Gasteiger partial charge < -0.3 is 4.57 Å². The minimum absolute atomic E-state index is 0.0673. The Labute approximate surface area is 164 Å². The summed E-state index contributed by atoms with van der Waals surface area (Å²) >= 11 is 0. The predicted octanol–water partition coefficient (Wildman–Crippen LogP) is 2.79. The molecule has 3 unspecified atom stereocenters. The third kappa shape index (κ3) is 3.39. The zero-order valence-corrected chi connectivity index (χ0v) is 16.8. The first-order valence-electron chi connectivity index (χ1n) is 9.53. The average molecular weight is 405 g/mol. The number of halogens is 1. The number of aromatic nitrogens is 2. The molecule has 2 aliphatic rings. The molecule has 0 bridgehead atoms. The molecular weight excluding hydrogens is 381 g/mol. The van der Waals surface area contributed by atoms with Crippen LogP contribution in [0, 0.1) is 30.5 Å². The third-order valence-corrected chi connectivity index (χ3v) is 7.92. The molecule has 0 N–H and O–H groups in total. The van der Waals surface area contributed by atoms with Gasteiger partial charge in [-0.2, -0.15) is 4.31 Å². The van der Waals surface area contributed by atoms with Crippen LogP contribution in [0.15, 0.2) is 35.7 Å². The van der Waals surface area contributed by atoms with E-state index < -0.39 is 10.0 Å². The maximum absolute atomic E-state index is 13.8. The number of aryl methyl sites for hydroxylation is 2. The second-order valence-electron chi connectivity index (χ2n) is 8.05. The lowest BCUT2D eigenvalue weighted by Gasteiger charge is -2.19. The van der Waals surface area contributed by atoms with Crippen LogP contribution in [0.5, 0.6) is 0 Å². The van der Waals surface area contributed by atoms with E-state index in [0.717, 1.165) is 12.8 Å². The molecule has 3 atom stereocenters. The van der Waals surface area contributed by atoms with E-state index in [9.17, 15) is 17.6 Å². The smallest absolute Gasteiger partial charge is 0.262 e. The van der Waals surface area contributed by atoms with E-state index in [1.54, 1.807) is 30.7 Å². The van der Waals surface area contributed by atoms with Gasteiger partial charge in [0.25, 0.3) is 10.0 Å². The van der Waals surface area contributed by atoms with Gasteiger partial charge in [0.05, 0.1) is 6.33 Å². The number of ketones is 1. The average Bonchev–Trinajstić information content (AvgIpc) is 3.34. The van der Waals surface area contributed by atoms with Crippen LogP contribution >= 0.6 is 0 Å². The molecule has 1 aliphatic heterocycles. The molecule has 150 valence electrons. The van der Waals surface area contributed by atoms with Gasteiger partial charge in [-0.3, -0.25) is 4.79 Å². The Morgan fingerprint density at radius 3 is 2.75 bits per heavy atom. The maximum atomic E-state index is 13.8. The zero-order chi connectivity index (χ0) is 20.1. The van der Waals surface area contributed by atoms with Crippen LogP contribution in [0.3, 0.4) is 0 Å². The van der Waals surface area contributed by atoms with Crippen molar-refractivity contribution in [2.24, 2.45) is 24.8 Å². The highest BCUT2D eigenvalue weighted by Gasteiger charge is 2.47. The summed E-state index contributed by atoms with van der Waals surface area (Å²) < 4.78 is 42.6. The summed E-state index contributed by atoms with van der Waals surface area (Å²) in [6.45, 7) is 2.57. The normalized spacial score (nSPS) is 25.2. The Bertz CT molecular complexity index is 1020. The SMILES string of the molecule is Cc1ccc(C(=O)CC2CCC3CN(S(=O)(=O)c4cn(C)cn4)CC23)cc1F. The molecule has 1 aromatic carbocycles. The summed E-state index contributed by atoms with van der Waals surface area (Å²) in [6.07, 6.45) is 5.15. The first-order chi connectivity index (χ1) is 13.3. The monoisotopic (exact) mass is 405 g/mol. The molecule has 4 rings (SSSR count). The molecule has 28 heavy (non-hydrogen) atoms. The minimum Gasteiger partial charge on any atom is -0.339 e. The van der Waals surface area contributed by atoms with E-state index in [4.69, 9.17) is 0 Å². The number of hydrogen-bond acceptors (Lipinski definition) is 4. The Morgan fingerprint density at radius 2 is 2.07 bits per heavy atom. The van der Waals surface area contributed by atoms with Gasteiger partial charge >= 0.3 is 0 Å². The fourth-order valence-corrected chi connectivity index (χ4v) is 6.06. The largest absolute Gasteiger partial charge is 0.339 e. The number of carbonyl (C=O) groups is 1. The summed E-state index contributed by atoms with van der Waals surface area (Å²) in [6, 6.07) is 4.59. The van der Waals surface area contributed by atoms with E-state index in [2.05, 4.69) is 4.98 Å². The standard InChI is InChI=1S/C20H24FN3O3S/c1-13-3-4-15(7-18(13)21)19(25)8-14-5-6-16-9-24(10-17(14)16)28(26,27)20-11-23(2)12-22-20/h3-4,7,11-12,14,16-17H,5-6,8-10H2,1-2H3. The first kappa shape index (κ1) is 19.3. The quantitative estimate of drug-likeness (QED) is 0.717. The Balaban J connectivity index is 1.46. The van der Waals surface area contributed by atoms with Crippen molar-refractivity contribution in [3.05, 3.63) is 47.7 Å². The van der Waals surface area contributed by atoms with Crippen LogP contribution < -0.4 is 0 Å². The van der Waals surface area contributed by atoms with Crippen molar-refractivity contribution in [1.82, 2.24) is 13.9 Å². The minimum atomic E-state index is -3.61. The van der Waals surface area contributed by atoms with Gasteiger partial charge in [0.2, 0.25) is 0 Å². The lowest BCUT2D eigenvalue weighted by molar-refractivity contribution is 0.0949. The Kier molecular flexibility index (Phi) is 4.87. The zero-order valence-electron chi connectivity index (χ0n) is 16.0. The maximum Gasteiger partial charge on any atom is 0.262 e. The first-order valence-corrected chi connectivity index (χ1v) is 11.0. The van der Waals surface area contributed by atoms with E-state index >= 15 is 0 Å². The van der Waals surface area contributed by atoms with E-state index in [1.807, 2.05) is 0 Å². The van der Waals surface area contributed by atoms with Crippen LogP contribution in [-0.2, 0) is 17.1 Å². The molecule has 1 aliphatic carbocycles. The number of sulfonamides is 1. The highest BCUT2D eigenvalue weighted by Crippen LogP contribution is 2.45. The van der Waals surface area contributed by atoms with Crippen LogP contribution in [0.4, 0.5) is 4.39 Å². The van der Waals surface area contributed by atoms with Gasteiger partial charge in [-0.05, 0) is 49.1 Å². The van der Waals surface area contributed by atoms with Crippen LogP contribution in [0.2, 0.25) is 0 Å². The molecule has 0 spiro atoms. The van der Waals surface area contributed by atoms with Crippen molar-refractivity contribution in [3.8, 4) is 0 Å². The lowest BCUT2D eigenvalue weighted by Crippen LogP contribution is -2.31. The van der Waals surface area contributed by atoms with Gasteiger partial charge in [-0.25, -0.2) is 17.8 Å². The molecule has 8 heteroatoms. The molecule has 0 radical (unpaired) electrons. The molecule has 2 aromatic rings. The van der Waals surface area contributed by atoms with Gasteiger partial charge in [-0.15, -0.1) is 0 Å². The highest BCUT2D eigenvalue weighted by atomic mass is 32.2. The second kappa shape index (κ2) is 7.08. The number of rotatable bonds is 5. The number of carbonyl (C=O) groups excluding carboxylic acids is 1. The molecular formula is C20H24FN3O3S. The molecule has 2 heterocycles. The van der Waals surface area contributed by atoms with Crippen LogP contribution in [0.25, 0.3) is 0 Å². The molecule has 1 saturated carbocycles. The van der Waals surface area contributed by atoms with Crippen LogP contribution in [-0.4, -0.2) is 41.1 Å². The van der Waals surface area contributed by atoms with Crippen molar-refractivity contribution < 1.29 is 17.6 Å². The van der Waals surface area contributed by atoms with Crippen molar-refractivity contribution in [1.29, 1.82) is 0 Å². The number of fused-ring (bicyclic) bond motifs is 1. The topological polar surface area (TPSA) is 72.3 Å². The molecule has 1 saturated heterocycles. The summed E-state index contributed by atoms with van der Waals surface area (Å²) in [5.41, 5.74) is 0.908. The van der Waals surface area contributed by atoms with Gasteiger partial charge in [0.15, 0.2) is 10.8 Å². The number of benzene rings is 1.